The molecule has 0 fully saturated rings. The topological polar surface area (TPSA) is 60.1 Å². The van der Waals surface area contributed by atoms with Crippen molar-refractivity contribution in [3.05, 3.63) is 106 Å². The van der Waals surface area contributed by atoms with Gasteiger partial charge in [0.2, 0.25) is 5.91 Å². The lowest BCUT2D eigenvalue weighted by atomic mass is 10.1. The lowest BCUT2D eigenvalue weighted by molar-refractivity contribution is -0.119. The second kappa shape index (κ2) is 9.41. The Kier molecular flexibility index (Phi) is 6.14. The molecule has 2 aliphatic rings. The van der Waals surface area contributed by atoms with E-state index in [0.717, 1.165) is 27.9 Å². The van der Waals surface area contributed by atoms with Gasteiger partial charge in [0.15, 0.2) is 0 Å². The number of anilines is 1. The molecule has 5 rings (SSSR count). The molecule has 0 aromatic heterocycles. The highest BCUT2D eigenvalue weighted by Crippen LogP contribution is 2.29. The van der Waals surface area contributed by atoms with E-state index in [2.05, 4.69) is 11.2 Å². The van der Waals surface area contributed by atoms with E-state index in [1.165, 1.54) is 16.8 Å². The Morgan fingerprint density at radius 1 is 1.00 bits per heavy atom. The van der Waals surface area contributed by atoms with Crippen molar-refractivity contribution in [2.24, 2.45) is 0 Å². The Morgan fingerprint density at radius 3 is 2.47 bits per heavy atom. The van der Waals surface area contributed by atoms with Crippen LogP contribution in [0.5, 0.6) is 0 Å². The first-order valence-electron chi connectivity index (χ1n) is 12.0. The minimum absolute atomic E-state index is 0.204. The van der Waals surface area contributed by atoms with Crippen LogP contribution in [-0.2, 0) is 17.9 Å². The molecule has 0 radical (unpaired) electrons. The van der Waals surface area contributed by atoms with Gasteiger partial charge in [0.25, 0.3) is 5.56 Å². The van der Waals surface area contributed by atoms with Gasteiger partial charge in [-0.3, -0.25) is 9.59 Å². The third-order valence-corrected chi connectivity index (χ3v) is 6.40. The van der Waals surface area contributed by atoms with Crippen LogP contribution in [0.2, 0.25) is 0 Å². The summed E-state index contributed by atoms with van der Waals surface area (Å²) in [5.41, 5.74) is 5.15. The molecule has 182 valence electrons. The Hall–Kier alpha value is -4.26. The molecule has 2 heterocycles. The number of aromatic nitrogens is 3. The number of carbonyl (C=O) groups excluding carboxylic acids is 1. The number of amides is 1. The van der Waals surface area contributed by atoms with Crippen molar-refractivity contribution in [3.8, 4) is 11.3 Å². The average Bonchev–Trinajstić information content (AvgIpc) is 3.15. The van der Waals surface area contributed by atoms with E-state index in [1.807, 2.05) is 67.8 Å². The van der Waals surface area contributed by atoms with Crippen LogP contribution < -0.4 is 10.5 Å². The van der Waals surface area contributed by atoms with Crippen LogP contribution in [0, 0.1) is 19.7 Å². The van der Waals surface area contributed by atoms with Gasteiger partial charge in [-0.1, -0.05) is 42.0 Å². The molecule has 0 bridgehead atoms. The zero-order chi connectivity index (χ0) is 25.4. The summed E-state index contributed by atoms with van der Waals surface area (Å²) in [5.74, 6) is -0.650. The summed E-state index contributed by atoms with van der Waals surface area (Å²) < 4.78 is 17.4. The molecule has 0 N–H and O–H groups in total. The van der Waals surface area contributed by atoms with Crippen LogP contribution in [0.25, 0.3) is 22.2 Å². The van der Waals surface area contributed by atoms with Crippen LogP contribution in [0.3, 0.4) is 0 Å². The monoisotopic (exact) mass is 482 g/mol. The maximum Gasteiger partial charge on any atom is 0.278 e. The predicted octanol–water partition coefficient (Wildman–Crippen LogP) is 5.16. The number of rotatable bonds is 6. The summed E-state index contributed by atoms with van der Waals surface area (Å²) in [5, 5.41) is 5.02. The number of aryl methyl sites for hydroxylation is 2. The third kappa shape index (κ3) is 4.40. The Bertz CT molecular complexity index is 1620. The predicted molar refractivity (Wildman–Crippen MR) is 140 cm³/mol. The fourth-order valence-corrected chi connectivity index (χ4v) is 4.71. The molecule has 7 heteroatoms. The van der Waals surface area contributed by atoms with Crippen LogP contribution in [-0.4, -0.2) is 26.8 Å². The van der Waals surface area contributed by atoms with Crippen molar-refractivity contribution in [1.82, 2.24) is 14.3 Å². The molecular weight excluding hydrogens is 455 g/mol. The first kappa shape index (κ1) is 23.5. The zero-order valence-electron chi connectivity index (χ0n) is 20.5. The average molecular weight is 483 g/mol. The smallest absolute Gasteiger partial charge is 0.278 e. The molecule has 0 aliphatic carbocycles. The number of halogens is 1. The van der Waals surface area contributed by atoms with Crippen LogP contribution in [0.15, 0.2) is 77.7 Å². The molecule has 0 atom stereocenters. The molecule has 0 unspecified atom stereocenters. The summed E-state index contributed by atoms with van der Waals surface area (Å²) in [7, 11) is 0. The number of likely N-dealkylation sites (N-methyl/N-ethyl adjacent to an activating group) is 1. The summed E-state index contributed by atoms with van der Waals surface area (Å²) in [6, 6.07) is 20.3. The maximum atomic E-state index is 14.3. The van der Waals surface area contributed by atoms with Gasteiger partial charge in [0, 0.05) is 30.4 Å². The number of pyridine rings is 1. The molecule has 2 aliphatic heterocycles. The van der Waals surface area contributed by atoms with Gasteiger partial charge in [0.1, 0.15) is 18.1 Å². The molecule has 0 spiro atoms. The number of nitrogens with zero attached hydrogens (tertiary/aromatic N) is 4. The highest BCUT2D eigenvalue weighted by atomic mass is 19.1. The molecule has 36 heavy (non-hydrogen) atoms. The number of hydrogen-bond donors (Lipinski definition) is 0. The number of fused-ring (bicyclic) bond motifs is 3. The van der Waals surface area contributed by atoms with E-state index < -0.39 is 5.82 Å². The molecule has 0 saturated heterocycles. The van der Waals surface area contributed by atoms with Gasteiger partial charge in [-0.15, -0.1) is 0 Å². The van der Waals surface area contributed by atoms with E-state index in [-0.39, 0.29) is 18.0 Å². The minimum Gasteiger partial charge on any atom is -0.342 e. The van der Waals surface area contributed by atoms with Crippen molar-refractivity contribution >= 4 is 22.5 Å². The van der Waals surface area contributed by atoms with E-state index >= 15 is 0 Å². The Morgan fingerprint density at radius 2 is 1.75 bits per heavy atom. The number of hydrogen-bond acceptors (Lipinski definition) is 3. The van der Waals surface area contributed by atoms with E-state index in [0.29, 0.717) is 29.7 Å². The van der Waals surface area contributed by atoms with Gasteiger partial charge in [0.05, 0.1) is 11.1 Å². The SMILES string of the molecule is CCN(C(=O)Cn1nc2c3cc(F)ccc3n(Cc3cccc(C)c3)cc-2c1=O)c1cccc(C)c1. The minimum atomic E-state index is -0.410. The fraction of sp³-hybridized carbons (Fsp3) is 0.207. The van der Waals surface area contributed by atoms with Crippen LogP contribution in [0.4, 0.5) is 10.1 Å². The third-order valence-electron chi connectivity index (χ3n) is 6.40. The lowest BCUT2D eigenvalue weighted by Gasteiger charge is -2.21. The zero-order valence-corrected chi connectivity index (χ0v) is 20.5. The first-order chi connectivity index (χ1) is 17.3. The number of benzene rings is 3. The molecule has 1 amide bonds. The summed E-state index contributed by atoms with van der Waals surface area (Å²) >= 11 is 0. The summed E-state index contributed by atoms with van der Waals surface area (Å²) in [4.78, 5) is 28.2. The number of carbonyl (C=O) groups is 1. The van der Waals surface area contributed by atoms with Gasteiger partial charge < -0.3 is 9.47 Å². The molecule has 3 aromatic carbocycles. The second-order valence-corrected chi connectivity index (χ2v) is 9.11. The fourth-order valence-electron chi connectivity index (χ4n) is 4.71. The lowest BCUT2D eigenvalue weighted by Crippen LogP contribution is -2.36. The van der Waals surface area contributed by atoms with E-state index in [4.69, 9.17) is 0 Å². The molecule has 0 saturated carbocycles. The first-order valence-corrected chi connectivity index (χ1v) is 12.0. The second-order valence-electron chi connectivity index (χ2n) is 9.11. The van der Waals surface area contributed by atoms with Crippen LogP contribution >= 0.6 is 0 Å². The normalized spacial score (nSPS) is 11.3. The Balaban J connectivity index is 1.58. The van der Waals surface area contributed by atoms with Crippen molar-refractivity contribution < 1.29 is 9.18 Å². The molecule has 3 aromatic rings. The van der Waals surface area contributed by atoms with Crippen molar-refractivity contribution in [2.75, 3.05) is 11.4 Å². The highest BCUT2D eigenvalue weighted by Gasteiger charge is 2.23. The van der Waals surface area contributed by atoms with Crippen LogP contribution in [0.1, 0.15) is 23.6 Å². The van der Waals surface area contributed by atoms with Crippen molar-refractivity contribution in [3.63, 3.8) is 0 Å². The largest absolute Gasteiger partial charge is 0.342 e. The van der Waals surface area contributed by atoms with E-state index in [1.54, 1.807) is 17.2 Å². The molecule has 6 nitrogen and oxygen atoms in total. The van der Waals surface area contributed by atoms with Crippen molar-refractivity contribution in [1.29, 1.82) is 0 Å². The van der Waals surface area contributed by atoms with Gasteiger partial charge in [-0.25, -0.2) is 9.07 Å². The van der Waals surface area contributed by atoms with Gasteiger partial charge in [-0.2, -0.15) is 5.10 Å². The summed E-state index contributed by atoms with van der Waals surface area (Å²) in [6.07, 6.45) is 1.76. The molecular formula is C29H27FN4O2. The maximum absolute atomic E-state index is 14.3. The standard InChI is InChI=1S/C29H27FN4O2/c1-4-33(23-10-6-8-20(3)14-23)27(35)18-34-29(36)25-17-32(16-21-9-5-7-19(2)13-21)26-12-11-22(30)15-24(26)28(25)31-34/h5-15,17H,4,16,18H2,1-3H3. The summed E-state index contributed by atoms with van der Waals surface area (Å²) in [6.45, 7) is 6.65. The van der Waals surface area contributed by atoms with Gasteiger partial charge in [-0.05, 0) is 62.2 Å². The quantitative estimate of drug-likeness (QED) is 0.336. The van der Waals surface area contributed by atoms with Crippen molar-refractivity contribution in [2.45, 2.75) is 33.9 Å². The van der Waals surface area contributed by atoms with E-state index in [9.17, 15) is 14.0 Å². The van der Waals surface area contributed by atoms with Gasteiger partial charge >= 0.3 is 0 Å². The highest BCUT2D eigenvalue weighted by molar-refractivity contribution is 5.95. The Labute approximate surface area is 208 Å².